The topological polar surface area (TPSA) is 41.8 Å². The third-order valence-electron chi connectivity index (χ3n) is 3.95. The molecule has 1 atom stereocenters. The molecule has 1 aliphatic rings. The number of aromatic nitrogens is 1. The number of nitrogens with two attached hydrogens (primary N) is 1. The zero-order valence-corrected chi connectivity index (χ0v) is 10.4. The largest absolute Gasteiger partial charge is 0.361 e. The maximum Gasteiger partial charge on any atom is 0.0459 e. The fourth-order valence-corrected chi connectivity index (χ4v) is 2.88. The summed E-state index contributed by atoms with van der Waals surface area (Å²) in [6, 6.07) is 4.74. The van der Waals surface area contributed by atoms with E-state index in [0.717, 1.165) is 13.0 Å². The van der Waals surface area contributed by atoms with Crippen molar-refractivity contribution < 1.29 is 0 Å². The van der Waals surface area contributed by atoms with Crippen LogP contribution in [0.5, 0.6) is 0 Å². The molecule has 90 valence electrons. The highest BCUT2D eigenvalue weighted by molar-refractivity contribution is 5.85. The highest BCUT2D eigenvalue weighted by Crippen LogP contribution is 2.29. The van der Waals surface area contributed by atoms with Gasteiger partial charge in [0.25, 0.3) is 0 Å². The lowest BCUT2D eigenvalue weighted by Crippen LogP contribution is -2.12. The van der Waals surface area contributed by atoms with Crippen LogP contribution >= 0.6 is 0 Å². The summed E-state index contributed by atoms with van der Waals surface area (Å²) in [5.74, 6) is 0.558. The van der Waals surface area contributed by atoms with Crippen LogP contribution in [0.3, 0.4) is 0 Å². The van der Waals surface area contributed by atoms with Crippen molar-refractivity contribution in [1.29, 1.82) is 0 Å². The minimum atomic E-state index is 0.558. The molecule has 0 aliphatic heterocycles. The second-order valence-corrected chi connectivity index (χ2v) is 5.38. The van der Waals surface area contributed by atoms with Crippen molar-refractivity contribution >= 4 is 10.9 Å². The molecular formula is C15H20N2. The minimum Gasteiger partial charge on any atom is -0.361 e. The Labute approximate surface area is 102 Å². The van der Waals surface area contributed by atoms with Crippen molar-refractivity contribution in [3.63, 3.8) is 0 Å². The first-order valence-electron chi connectivity index (χ1n) is 6.59. The van der Waals surface area contributed by atoms with Crippen molar-refractivity contribution in [3.05, 3.63) is 35.0 Å². The Kier molecular flexibility index (Phi) is 2.67. The number of hydrogen-bond donors (Lipinski definition) is 2. The second kappa shape index (κ2) is 4.19. The third kappa shape index (κ3) is 1.87. The summed E-state index contributed by atoms with van der Waals surface area (Å²) in [7, 11) is 0. The van der Waals surface area contributed by atoms with Crippen molar-refractivity contribution in [2.75, 3.05) is 6.54 Å². The molecule has 1 heterocycles. The van der Waals surface area contributed by atoms with E-state index in [1.54, 1.807) is 5.56 Å². The molecule has 0 amide bonds. The number of benzene rings is 1. The van der Waals surface area contributed by atoms with E-state index in [4.69, 9.17) is 5.73 Å². The maximum atomic E-state index is 5.71. The van der Waals surface area contributed by atoms with Gasteiger partial charge in [0.05, 0.1) is 0 Å². The molecule has 2 heteroatoms. The molecule has 3 N–H and O–H groups in total. The molecular weight excluding hydrogens is 208 g/mol. The van der Waals surface area contributed by atoms with E-state index >= 15 is 0 Å². The maximum absolute atomic E-state index is 5.71. The van der Waals surface area contributed by atoms with Crippen LogP contribution in [0.25, 0.3) is 10.9 Å². The predicted octanol–water partition coefficient (Wildman–Crippen LogP) is 2.79. The van der Waals surface area contributed by atoms with Gasteiger partial charge in [0.1, 0.15) is 0 Å². The van der Waals surface area contributed by atoms with Gasteiger partial charge in [-0.2, -0.15) is 0 Å². The first-order chi connectivity index (χ1) is 8.28. The summed E-state index contributed by atoms with van der Waals surface area (Å²) < 4.78 is 0. The third-order valence-corrected chi connectivity index (χ3v) is 3.95. The van der Waals surface area contributed by atoms with E-state index < -0.39 is 0 Å². The summed E-state index contributed by atoms with van der Waals surface area (Å²) in [5.41, 5.74) is 11.5. The zero-order valence-electron chi connectivity index (χ0n) is 10.4. The van der Waals surface area contributed by atoms with E-state index in [9.17, 15) is 0 Å². The van der Waals surface area contributed by atoms with Crippen LogP contribution in [0, 0.1) is 5.92 Å². The molecule has 2 aromatic rings. The highest BCUT2D eigenvalue weighted by Gasteiger charge is 2.14. The summed E-state index contributed by atoms with van der Waals surface area (Å²) in [6.45, 7) is 2.98. The number of H-pyrrole nitrogens is 1. The van der Waals surface area contributed by atoms with Gasteiger partial charge < -0.3 is 10.7 Å². The smallest absolute Gasteiger partial charge is 0.0459 e. The highest BCUT2D eigenvalue weighted by atomic mass is 14.7. The molecule has 1 unspecified atom stereocenters. The molecule has 17 heavy (non-hydrogen) atoms. The monoisotopic (exact) mass is 228 g/mol. The van der Waals surface area contributed by atoms with E-state index in [1.807, 2.05) is 0 Å². The van der Waals surface area contributed by atoms with Crippen LogP contribution in [0.2, 0.25) is 0 Å². The second-order valence-electron chi connectivity index (χ2n) is 5.38. The van der Waals surface area contributed by atoms with Crippen molar-refractivity contribution in [3.8, 4) is 0 Å². The van der Waals surface area contributed by atoms with Gasteiger partial charge in [-0.05, 0) is 67.0 Å². The lowest BCUT2D eigenvalue weighted by Gasteiger charge is -2.07. The SMILES string of the molecule is CC(CN)Cc1c[nH]c2cc3c(cc12)CCC3. The molecule has 3 rings (SSSR count). The van der Waals surface area contributed by atoms with Gasteiger partial charge in [0.2, 0.25) is 0 Å². The summed E-state index contributed by atoms with van der Waals surface area (Å²) in [4.78, 5) is 3.41. The van der Waals surface area contributed by atoms with Gasteiger partial charge in [-0.3, -0.25) is 0 Å². The molecule has 0 spiro atoms. The molecule has 1 aromatic heterocycles. The molecule has 0 saturated heterocycles. The molecule has 0 fully saturated rings. The first-order valence-corrected chi connectivity index (χ1v) is 6.59. The molecule has 0 saturated carbocycles. The van der Waals surface area contributed by atoms with E-state index in [-0.39, 0.29) is 0 Å². The average molecular weight is 228 g/mol. The number of fused-ring (bicyclic) bond motifs is 2. The van der Waals surface area contributed by atoms with Crippen LogP contribution < -0.4 is 5.73 Å². The van der Waals surface area contributed by atoms with Gasteiger partial charge >= 0.3 is 0 Å². The predicted molar refractivity (Wildman–Crippen MR) is 72.2 cm³/mol. The van der Waals surface area contributed by atoms with Crippen LogP contribution in [-0.4, -0.2) is 11.5 Å². The Morgan fingerprint density at radius 2 is 2.06 bits per heavy atom. The Hall–Kier alpha value is -1.28. The number of aryl methyl sites for hydroxylation is 2. The number of hydrogen-bond acceptors (Lipinski definition) is 1. The van der Waals surface area contributed by atoms with Crippen molar-refractivity contribution in [2.45, 2.75) is 32.6 Å². The van der Waals surface area contributed by atoms with Gasteiger partial charge in [0.15, 0.2) is 0 Å². The van der Waals surface area contributed by atoms with Gasteiger partial charge in [-0.15, -0.1) is 0 Å². The Bertz CT molecular complexity index is 539. The van der Waals surface area contributed by atoms with Crippen molar-refractivity contribution in [1.82, 2.24) is 4.98 Å². The molecule has 0 radical (unpaired) electrons. The lowest BCUT2D eigenvalue weighted by molar-refractivity contribution is 0.595. The quantitative estimate of drug-likeness (QED) is 0.833. The minimum absolute atomic E-state index is 0.558. The lowest BCUT2D eigenvalue weighted by atomic mass is 9.99. The number of aromatic amines is 1. The fraction of sp³-hybridized carbons (Fsp3) is 0.467. The van der Waals surface area contributed by atoms with E-state index in [0.29, 0.717) is 5.92 Å². The fourth-order valence-electron chi connectivity index (χ4n) is 2.88. The normalized spacial score (nSPS) is 16.4. The first kappa shape index (κ1) is 10.8. The van der Waals surface area contributed by atoms with E-state index in [1.165, 1.54) is 41.3 Å². The number of rotatable bonds is 3. The Morgan fingerprint density at radius 1 is 1.29 bits per heavy atom. The average Bonchev–Trinajstić information content (AvgIpc) is 2.93. The Morgan fingerprint density at radius 3 is 2.82 bits per heavy atom. The van der Waals surface area contributed by atoms with Gasteiger partial charge in [0, 0.05) is 17.1 Å². The zero-order chi connectivity index (χ0) is 11.8. The standard InChI is InChI=1S/C15H20N2/c1-10(8-16)5-13-9-17-15-7-12-4-2-3-11(12)6-14(13)15/h6-7,9-10,17H,2-5,8,16H2,1H3. The molecule has 1 aromatic carbocycles. The summed E-state index contributed by atoms with van der Waals surface area (Å²) >= 11 is 0. The molecule has 2 nitrogen and oxygen atoms in total. The van der Waals surface area contributed by atoms with Crippen molar-refractivity contribution in [2.24, 2.45) is 11.7 Å². The molecule has 0 bridgehead atoms. The van der Waals surface area contributed by atoms with Gasteiger partial charge in [-0.1, -0.05) is 6.92 Å². The Balaban J connectivity index is 2.03. The van der Waals surface area contributed by atoms with E-state index in [2.05, 4.69) is 30.2 Å². The van der Waals surface area contributed by atoms with Crippen LogP contribution in [0.15, 0.2) is 18.3 Å². The molecule has 1 aliphatic carbocycles. The summed E-state index contributed by atoms with van der Waals surface area (Å²) in [6.07, 6.45) is 7.05. The van der Waals surface area contributed by atoms with Crippen LogP contribution in [-0.2, 0) is 19.3 Å². The number of nitrogens with one attached hydrogen (secondary N) is 1. The van der Waals surface area contributed by atoms with Crippen LogP contribution in [0.4, 0.5) is 0 Å². The summed E-state index contributed by atoms with van der Waals surface area (Å²) in [5, 5.41) is 1.41. The van der Waals surface area contributed by atoms with Crippen LogP contribution in [0.1, 0.15) is 30.0 Å². The van der Waals surface area contributed by atoms with Gasteiger partial charge in [-0.25, -0.2) is 0 Å².